The van der Waals surface area contributed by atoms with Gasteiger partial charge in [0.2, 0.25) is 5.91 Å². The van der Waals surface area contributed by atoms with Gasteiger partial charge in [-0.3, -0.25) is 14.7 Å². The summed E-state index contributed by atoms with van der Waals surface area (Å²) in [7, 11) is 1.72. The van der Waals surface area contributed by atoms with E-state index in [-0.39, 0.29) is 5.41 Å². The van der Waals surface area contributed by atoms with Crippen LogP contribution in [0.5, 0.6) is 0 Å². The molecule has 0 saturated carbocycles. The van der Waals surface area contributed by atoms with Gasteiger partial charge in [0.1, 0.15) is 0 Å². The molecular weight excluding hydrogens is 326 g/mol. The Bertz CT molecular complexity index is 589. The van der Waals surface area contributed by atoms with E-state index in [9.17, 15) is 4.79 Å². The van der Waals surface area contributed by atoms with E-state index in [0.717, 1.165) is 64.3 Å². The third kappa shape index (κ3) is 4.83. The number of nitrogens with zero attached hydrogens (tertiary/aromatic N) is 3. The Hall–Kier alpha value is -1.46. The van der Waals surface area contributed by atoms with E-state index in [0.29, 0.717) is 12.3 Å². The zero-order chi connectivity index (χ0) is 18.4. The van der Waals surface area contributed by atoms with Gasteiger partial charge in [0.25, 0.3) is 0 Å². The van der Waals surface area contributed by atoms with Crippen molar-refractivity contribution >= 4 is 5.91 Å². The Balaban J connectivity index is 1.59. The van der Waals surface area contributed by atoms with Crippen LogP contribution in [0.3, 0.4) is 0 Å². The van der Waals surface area contributed by atoms with Gasteiger partial charge < -0.3 is 9.64 Å². The van der Waals surface area contributed by atoms with Gasteiger partial charge in [0.15, 0.2) is 0 Å². The molecule has 2 saturated heterocycles. The van der Waals surface area contributed by atoms with Crippen molar-refractivity contribution in [2.45, 2.75) is 52.0 Å². The van der Waals surface area contributed by atoms with Crippen LogP contribution < -0.4 is 0 Å². The van der Waals surface area contributed by atoms with Crippen molar-refractivity contribution < 1.29 is 9.53 Å². The lowest BCUT2D eigenvalue weighted by Gasteiger charge is -2.48. The molecule has 0 aromatic carbocycles. The smallest absolute Gasteiger partial charge is 0.222 e. The maximum absolute atomic E-state index is 12.3. The predicted molar refractivity (Wildman–Crippen MR) is 103 cm³/mol. The van der Waals surface area contributed by atoms with Gasteiger partial charge in [0.05, 0.1) is 5.69 Å². The molecule has 3 heterocycles. The van der Waals surface area contributed by atoms with Crippen LogP contribution in [0.2, 0.25) is 0 Å². The molecule has 1 atom stereocenters. The molecule has 0 bridgehead atoms. The summed E-state index contributed by atoms with van der Waals surface area (Å²) >= 11 is 0. The number of aryl methyl sites for hydroxylation is 1. The molecule has 1 amide bonds. The summed E-state index contributed by atoms with van der Waals surface area (Å²) in [5.41, 5.74) is 2.72. The van der Waals surface area contributed by atoms with E-state index in [4.69, 9.17) is 4.74 Å². The molecule has 5 heteroatoms. The minimum absolute atomic E-state index is 0.266. The maximum atomic E-state index is 12.3. The molecule has 144 valence electrons. The number of ether oxygens (including phenoxy) is 1. The van der Waals surface area contributed by atoms with Gasteiger partial charge in [0, 0.05) is 57.9 Å². The van der Waals surface area contributed by atoms with Gasteiger partial charge in [-0.25, -0.2) is 0 Å². The summed E-state index contributed by atoms with van der Waals surface area (Å²) in [4.78, 5) is 21.6. The fraction of sp³-hybridized carbons (Fsp3) is 0.714. The highest BCUT2D eigenvalue weighted by Gasteiger charge is 2.41. The first-order valence-corrected chi connectivity index (χ1v) is 10.1. The van der Waals surface area contributed by atoms with Crippen molar-refractivity contribution in [2.75, 3.05) is 39.9 Å². The van der Waals surface area contributed by atoms with Crippen molar-refractivity contribution in [3.05, 3.63) is 29.6 Å². The van der Waals surface area contributed by atoms with Gasteiger partial charge >= 0.3 is 0 Å². The van der Waals surface area contributed by atoms with Gasteiger partial charge in [-0.1, -0.05) is 13.0 Å². The molecule has 1 unspecified atom stereocenters. The molecule has 2 fully saturated rings. The van der Waals surface area contributed by atoms with Crippen LogP contribution in [0.25, 0.3) is 0 Å². The molecule has 0 aliphatic carbocycles. The summed E-state index contributed by atoms with van der Waals surface area (Å²) in [5, 5.41) is 0. The quantitative estimate of drug-likeness (QED) is 0.702. The van der Waals surface area contributed by atoms with Crippen molar-refractivity contribution in [1.82, 2.24) is 14.8 Å². The number of hydrogen-bond donors (Lipinski definition) is 0. The highest BCUT2D eigenvalue weighted by molar-refractivity contribution is 5.77. The molecule has 1 aromatic heterocycles. The second kappa shape index (κ2) is 8.96. The van der Waals surface area contributed by atoms with Crippen LogP contribution in [-0.4, -0.2) is 60.6 Å². The van der Waals surface area contributed by atoms with Crippen LogP contribution in [0.4, 0.5) is 0 Å². The number of hydrogen-bond acceptors (Lipinski definition) is 4. The Kier molecular flexibility index (Phi) is 6.65. The number of amides is 1. The van der Waals surface area contributed by atoms with E-state index in [1.165, 1.54) is 18.4 Å². The summed E-state index contributed by atoms with van der Waals surface area (Å²) in [5.74, 6) is 0.320. The van der Waals surface area contributed by atoms with Gasteiger partial charge in [-0.2, -0.15) is 0 Å². The fourth-order valence-corrected chi connectivity index (χ4v) is 4.47. The molecule has 0 radical (unpaired) electrons. The third-order valence-corrected chi connectivity index (χ3v) is 5.94. The van der Waals surface area contributed by atoms with E-state index in [1.807, 2.05) is 6.20 Å². The monoisotopic (exact) mass is 359 g/mol. The van der Waals surface area contributed by atoms with Crippen LogP contribution in [-0.2, 0) is 22.5 Å². The summed E-state index contributed by atoms with van der Waals surface area (Å²) < 4.78 is 5.15. The highest BCUT2D eigenvalue weighted by Crippen LogP contribution is 2.39. The molecule has 1 aromatic rings. The standard InChI is InChI=1S/C21H33N3O2/c1-3-18-6-7-19(22-14-18)15-23-11-4-9-21(16-23)10-8-20(25)24(17-21)12-5-13-26-2/h6-7,14H,3-5,8-13,15-17H2,1-2H3. The molecule has 2 aliphatic heterocycles. The molecule has 1 spiro atoms. The minimum atomic E-state index is 0.266. The van der Waals surface area contributed by atoms with Crippen LogP contribution >= 0.6 is 0 Å². The molecule has 5 nitrogen and oxygen atoms in total. The van der Waals surface area contributed by atoms with Crippen LogP contribution in [0.15, 0.2) is 18.3 Å². The van der Waals surface area contributed by atoms with Crippen molar-refractivity contribution in [2.24, 2.45) is 5.41 Å². The number of rotatable bonds is 7. The zero-order valence-corrected chi connectivity index (χ0v) is 16.4. The summed E-state index contributed by atoms with van der Waals surface area (Å²) in [6.07, 6.45) is 8.15. The van der Waals surface area contributed by atoms with E-state index in [1.54, 1.807) is 7.11 Å². The topological polar surface area (TPSA) is 45.7 Å². The number of pyridine rings is 1. The average molecular weight is 360 g/mol. The SMILES string of the molecule is CCc1ccc(CN2CCCC3(CCC(=O)N(CCCOC)C3)C2)nc1. The molecule has 2 aliphatic rings. The number of carbonyl (C=O) groups excluding carboxylic acids is 1. The Morgan fingerprint density at radius 1 is 1.27 bits per heavy atom. The fourth-order valence-electron chi connectivity index (χ4n) is 4.47. The first-order chi connectivity index (χ1) is 12.6. The van der Waals surface area contributed by atoms with Gasteiger partial charge in [-0.05, 0) is 50.3 Å². The first-order valence-electron chi connectivity index (χ1n) is 10.1. The predicted octanol–water partition coefficient (Wildman–Crippen LogP) is 2.89. The number of likely N-dealkylation sites (tertiary alicyclic amines) is 2. The average Bonchev–Trinajstić information content (AvgIpc) is 2.66. The van der Waals surface area contributed by atoms with Crippen LogP contribution in [0.1, 0.15) is 50.3 Å². The maximum Gasteiger partial charge on any atom is 0.222 e. The molecule has 3 rings (SSSR count). The summed E-state index contributed by atoms with van der Waals surface area (Å²) in [6, 6.07) is 4.36. The Morgan fingerprint density at radius 2 is 2.15 bits per heavy atom. The molecule has 26 heavy (non-hydrogen) atoms. The number of methoxy groups -OCH3 is 1. The van der Waals surface area contributed by atoms with E-state index < -0.39 is 0 Å². The van der Waals surface area contributed by atoms with E-state index >= 15 is 0 Å². The van der Waals surface area contributed by atoms with Crippen molar-refractivity contribution in [1.29, 1.82) is 0 Å². The minimum Gasteiger partial charge on any atom is -0.385 e. The van der Waals surface area contributed by atoms with Crippen molar-refractivity contribution in [3.63, 3.8) is 0 Å². The summed E-state index contributed by atoms with van der Waals surface area (Å²) in [6.45, 7) is 7.76. The lowest BCUT2D eigenvalue weighted by atomic mass is 9.73. The highest BCUT2D eigenvalue weighted by atomic mass is 16.5. The zero-order valence-electron chi connectivity index (χ0n) is 16.4. The normalized spacial score (nSPS) is 24.4. The Labute approximate surface area is 157 Å². The number of piperidine rings is 2. The van der Waals surface area contributed by atoms with Gasteiger partial charge in [-0.15, -0.1) is 0 Å². The Morgan fingerprint density at radius 3 is 2.88 bits per heavy atom. The lowest BCUT2D eigenvalue weighted by molar-refractivity contribution is -0.139. The van der Waals surface area contributed by atoms with Crippen LogP contribution in [0, 0.1) is 5.41 Å². The number of carbonyl (C=O) groups is 1. The van der Waals surface area contributed by atoms with Crippen molar-refractivity contribution in [3.8, 4) is 0 Å². The van der Waals surface area contributed by atoms with E-state index in [2.05, 4.69) is 33.8 Å². The second-order valence-corrected chi connectivity index (χ2v) is 7.99. The first kappa shape index (κ1) is 19.3. The largest absolute Gasteiger partial charge is 0.385 e. The third-order valence-electron chi connectivity index (χ3n) is 5.94. The molecule has 0 N–H and O–H groups in total. The number of aromatic nitrogens is 1. The lowest BCUT2D eigenvalue weighted by Crippen LogP contribution is -2.54. The second-order valence-electron chi connectivity index (χ2n) is 7.99. The molecular formula is C21H33N3O2.